The molecular formula is C14H16N2O5S. The van der Waals surface area contributed by atoms with Gasteiger partial charge in [0, 0.05) is 5.56 Å². The number of benzene rings is 1. The number of hydrogen-bond donors (Lipinski definition) is 1. The van der Waals surface area contributed by atoms with E-state index in [1.54, 1.807) is 25.1 Å². The number of rotatable bonds is 4. The van der Waals surface area contributed by atoms with Gasteiger partial charge in [-0.15, -0.1) is 4.40 Å². The first kappa shape index (κ1) is 16.0. The van der Waals surface area contributed by atoms with Gasteiger partial charge in [-0.25, -0.2) is 4.79 Å². The molecule has 1 aromatic rings. The van der Waals surface area contributed by atoms with Gasteiger partial charge >= 0.3 is 16.2 Å². The fourth-order valence-electron chi connectivity index (χ4n) is 1.91. The molecule has 0 saturated heterocycles. The van der Waals surface area contributed by atoms with Gasteiger partial charge in [0.1, 0.15) is 11.4 Å². The van der Waals surface area contributed by atoms with Crippen molar-refractivity contribution in [2.24, 2.45) is 4.40 Å². The minimum absolute atomic E-state index is 0.139. The molecule has 8 heteroatoms. The van der Waals surface area contributed by atoms with Gasteiger partial charge in [0.25, 0.3) is 0 Å². The predicted octanol–water partition coefficient (Wildman–Crippen LogP) is 1.09. The largest absolute Gasteiger partial charge is 0.496 e. The Hall–Kier alpha value is -2.35. The van der Waals surface area contributed by atoms with Crippen LogP contribution in [-0.2, 0) is 19.7 Å². The van der Waals surface area contributed by atoms with Crippen LogP contribution in [0.15, 0.2) is 34.4 Å². The zero-order chi connectivity index (χ0) is 16.3. The van der Waals surface area contributed by atoms with Crippen LogP contribution < -0.4 is 9.46 Å². The molecule has 118 valence electrons. The SMILES string of the molecule is CCOC(=O)C1=CC(c2ccc(C)c(OC)c2)=NS(=O)(=O)N1. The number of allylic oxidation sites excluding steroid dienone is 1. The Morgan fingerprint density at radius 3 is 2.73 bits per heavy atom. The standard InChI is InChI=1S/C14H16N2O5S/c1-4-21-14(17)12-8-11(15-22(18,19)16-12)10-6-5-9(2)13(7-10)20-3/h5-8,16H,4H2,1-3H3. The van der Waals surface area contributed by atoms with Crippen LogP contribution in [0.2, 0.25) is 0 Å². The van der Waals surface area contributed by atoms with E-state index in [2.05, 4.69) is 9.12 Å². The summed E-state index contributed by atoms with van der Waals surface area (Å²) in [5.41, 5.74) is 1.39. The Balaban J connectivity index is 2.48. The number of carbonyl (C=O) groups excluding carboxylic acids is 1. The molecule has 0 radical (unpaired) electrons. The fraction of sp³-hybridized carbons (Fsp3) is 0.286. The highest BCUT2D eigenvalue weighted by Crippen LogP contribution is 2.21. The minimum atomic E-state index is -3.99. The Morgan fingerprint density at radius 2 is 2.09 bits per heavy atom. The Morgan fingerprint density at radius 1 is 1.36 bits per heavy atom. The van der Waals surface area contributed by atoms with Gasteiger partial charge in [-0.3, -0.25) is 4.72 Å². The first-order chi connectivity index (χ1) is 10.4. The van der Waals surface area contributed by atoms with E-state index >= 15 is 0 Å². The summed E-state index contributed by atoms with van der Waals surface area (Å²) in [6.45, 7) is 3.64. The van der Waals surface area contributed by atoms with E-state index in [-0.39, 0.29) is 18.0 Å². The van der Waals surface area contributed by atoms with Crippen molar-refractivity contribution >= 4 is 21.9 Å². The molecule has 0 bridgehead atoms. The van der Waals surface area contributed by atoms with Gasteiger partial charge in [0.05, 0.1) is 19.4 Å². The monoisotopic (exact) mass is 324 g/mol. The van der Waals surface area contributed by atoms with E-state index in [0.717, 1.165) is 5.56 Å². The van der Waals surface area contributed by atoms with Crippen LogP contribution in [0.5, 0.6) is 5.75 Å². The predicted molar refractivity (Wildman–Crippen MR) is 81.0 cm³/mol. The van der Waals surface area contributed by atoms with Crippen LogP contribution in [-0.4, -0.2) is 33.8 Å². The molecule has 2 rings (SSSR count). The van der Waals surface area contributed by atoms with Crippen molar-refractivity contribution in [1.82, 2.24) is 4.72 Å². The van der Waals surface area contributed by atoms with Crippen molar-refractivity contribution < 1.29 is 22.7 Å². The number of carbonyl (C=O) groups is 1. The molecule has 1 N–H and O–H groups in total. The first-order valence-corrected chi connectivity index (χ1v) is 7.97. The summed E-state index contributed by atoms with van der Waals surface area (Å²) in [5.74, 6) is -0.153. The number of nitrogens with one attached hydrogen (secondary N) is 1. The summed E-state index contributed by atoms with van der Waals surface area (Å²) in [7, 11) is -2.47. The highest BCUT2D eigenvalue weighted by Gasteiger charge is 2.24. The average Bonchev–Trinajstić information content (AvgIpc) is 2.46. The van der Waals surface area contributed by atoms with Gasteiger partial charge < -0.3 is 9.47 Å². The summed E-state index contributed by atoms with van der Waals surface area (Å²) < 4.78 is 39.3. The summed E-state index contributed by atoms with van der Waals surface area (Å²) in [5, 5.41) is 0. The van der Waals surface area contributed by atoms with E-state index in [0.29, 0.717) is 11.3 Å². The summed E-state index contributed by atoms with van der Waals surface area (Å²) >= 11 is 0. The zero-order valence-corrected chi connectivity index (χ0v) is 13.2. The third-order valence-electron chi connectivity index (χ3n) is 2.94. The average molecular weight is 324 g/mol. The van der Waals surface area contributed by atoms with Crippen molar-refractivity contribution in [3.8, 4) is 5.75 Å². The van der Waals surface area contributed by atoms with Crippen LogP contribution in [0.25, 0.3) is 0 Å². The summed E-state index contributed by atoms with van der Waals surface area (Å²) in [6.07, 6.45) is 1.34. The Kier molecular flexibility index (Phi) is 4.51. The van der Waals surface area contributed by atoms with Gasteiger partial charge in [0.15, 0.2) is 0 Å². The molecule has 0 aromatic heterocycles. The molecule has 0 saturated carbocycles. The quantitative estimate of drug-likeness (QED) is 0.837. The lowest BCUT2D eigenvalue weighted by Crippen LogP contribution is -2.32. The van der Waals surface area contributed by atoms with E-state index in [9.17, 15) is 13.2 Å². The lowest BCUT2D eigenvalue weighted by Gasteiger charge is -2.15. The lowest BCUT2D eigenvalue weighted by atomic mass is 10.1. The first-order valence-electron chi connectivity index (χ1n) is 6.53. The van der Waals surface area contributed by atoms with Crippen molar-refractivity contribution in [1.29, 1.82) is 0 Å². The Labute approximate surface area is 128 Å². The second kappa shape index (κ2) is 6.18. The molecular weight excluding hydrogens is 308 g/mol. The zero-order valence-electron chi connectivity index (χ0n) is 12.4. The molecule has 0 amide bonds. The van der Waals surface area contributed by atoms with Gasteiger partial charge in [-0.2, -0.15) is 8.42 Å². The topological polar surface area (TPSA) is 94.1 Å². The molecule has 0 atom stereocenters. The molecule has 7 nitrogen and oxygen atoms in total. The summed E-state index contributed by atoms with van der Waals surface area (Å²) in [4.78, 5) is 11.7. The van der Waals surface area contributed by atoms with Crippen molar-refractivity contribution in [2.75, 3.05) is 13.7 Å². The molecule has 1 heterocycles. The molecule has 1 aliphatic rings. The molecule has 1 aromatic carbocycles. The maximum atomic E-state index is 11.8. The van der Waals surface area contributed by atoms with Crippen molar-refractivity contribution in [3.63, 3.8) is 0 Å². The third kappa shape index (κ3) is 3.45. The highest BCUT2D eigenvalue weighted by molar-refractivity contribution is 7.88. The van der Waals surface area contributed by atoms with Gasteiger partial charge in [-0.05, 0) is 31.6 Å². The van der Waals surface area contributed by atoms with E-state index in [4.69, 9.17) is 9.47 Å². The number of aryl methyl sites for hydroxylation is 1. The van der Waals surface area contributed by atoms with Gasteiger partial charge in [-0.1, -0.05) is 12.1 Å². The second-order valence-corrected chi connectivity index (χ2v) is 5.85. The Bertz CT molecular complexity index is 765. The smallest absolute Gasteiger partial charge is 0.355 e. The van der Waals surface area contributed by atoms with Crippen LogP contribution in [0.3, 0.4) is 0 Å². The van der Waals surface area contributed by atoms with E-state index in [1.165, 1.54) is 13.2 Å². The number of esters is 1. The molecule has 0 aliphatic carbocycles. The maximum Gasteiger partial charge on any atom is 0.355 e. The number of nitrogens with zero attached hydrogens (tertiary/aromatic N) is 1. The van der Waals surface area contributed by atoms with Crippen LogP contribution >= 0.6 is 0 Å². The van der Waals surface area contributed by atoms with Crippen LogP contribution in [0, 0.1) is 6.92 Å². The third-order valence-corrected chi connectivity index (χ3v) is 3.85. The normalized spacial score (nSPS) is 16.1. The van der Waals surface area contributed by atoms with Gasteiger partial charge in [0.2, 0.25) is 0 Å². The van der Waals surface area contributed by atoms with Crippen LogP contribution in [0.1, 0.15) is 18.1 Å². The highest BCUT2D eigenvalue weighted by atomic mass is 32.2. The molecule has 22 heavy (non-hydrogen) atoms. The second-order valence-electron chi connectivity index (χ2n) is 4.52. The molecule has 0 unspecified atom stereocenters. The lowest BCUT2D eigenvalue weighted by molar-refractivity contribution is -0.138. The van der Waals surface area contributed by atoms with Crippen LogP contribution in [0.4, 0.5) is 0 Å². The fourth-order valence-corrected chi connectivity index (χ4v) is 2.79. The molecule has 0 spiro atoms. The van der Waals surface area contributed by atoms with E-state index in [1.807, 2.05) is 6.92 Å². The van der Waals surface area contributed by atoms with E-state index < -0.39 is 16.2 Å². The minimum Gasteiger partial charge on any atom is -0.496 e. The number of hydrogen-bond acceptors (Lipinski definition) is 5. The molecule has 1 aliphatic heterocycles. The maximum absolute atomic E-state index is 11.8. The van der Waals surface area contributed by atoms with Crippen molar-refractivity contribution in [2.45, 2.75) is 13.8 Å². The number of methoxy groups -OCH3 is 1. The molecule has 0 fully saturated rings. The summed E-state index contributed by atoms with van der Waals surface area (Å²) in [6, 6.07) is 5.15. The van der Waals surface area contributed by atoms with Crippen molar-refractivity contribution in [3.05, 3.63) is 41.1 Å². The number of ether oxygens (including phenoxy) is 2.